The predicted octanol–water partition coefficient (Wildman–Crippen LogP) is 1.16. The number of nitrogen functional groups attached to an aromatic ring is 1. The van der Waals surface area contributed by atoms with E-state index in [2.05, 4.69) is 10.3 Å². The maximum atomic E-state index is 11.7. The molecule has 1 atom stereocenters. The van der Waals surface area contributed by atoms with E-state index in [0.717, 1.165) is 12.1 Å². The fraction of sp³-hybridized carbons (Fsp3) is 0.500. The Kier molecular flexibility index (Phi) is 4.92. The summed E-state index contributed by atoms with van der Waals surface area (Å²) in [5.41, 5.74) is 6.50. The van der Waals surface area contributed by atoms with Crippen molar-refractivity contribution in [2.45, 2.75) is 32.7 Å². The summed E-state index contributed by atoms with van der Waals surface area (Å²) in [5, 5.41) is 3.21. The summed E-state index contributed by atoms with van der Waals surface area (Å²) in [6, 6.07) is 3.86. The third kappa shape index (κ3) is 3.98. The van der Waals surface area contributed by atoms with Crippen molar-refractivity contribution in [3.63, 3.8) is 0 Å². The minimum atomic E-state index is 0.188. The second-order valence-electron chi connectivity index (χ2n) is 3.93. The van der Waals surface area contributed by atoms with Gasteiger partial charge in [0.2, 0.25) is 0 Å². The Balaban J connectivity index is 2.49. The van der Waals surface area contributed by atoms with Gasteiger partial charge < -0.3 is 11.1 Å². The molecule has 4 nitrogen and oxygen atoms in total. The van der Waals surface area contributed by atoms with Crippen molar-refractivity contribution in [2.75, 3.05) is 12.3 Å². The lowest BCUT2D eigenvalue weighted by atomic mass is 10.0. The topological polar surface area (TPSA) is 68.0 Å². The number of carbonyl (C=O) groups excluding carboxylic acids is 1. The number of pyridine rings is 1. The molecular weight excluding hydrogens is 202 g/mol. The van der Waals surface area contributed by atoms with Crippen molar-refractivity contribution in [3.8, 4) is 0 Å². The fourth-order valence-corrected chi connectivity index (χ4v) is 1.65. The van der Waals surface area contributed by atoms with Crippen LogP contribution in [0.5, 0.6) is 0 Å². The summed E-state index contributed by atoms with van der Waals surface area (Å²) < 4.78 is 0. The summed E-state index contributed by atoms with van der Waals surface area (Å²) in [6.45, 7) is 4.91. The van der Waals surface area contributed by atoms with Gasteiger partial charge in [-0.25, -0.2) is 4.98 Å². The zero-order valence-electron chi connectivity index (χ0n) is 9.86. The summed E-state index contributed by atoms with van der Waals surface area (Å²) in [5.74, 6) is 0.639. The maximum absolute atomic E-state index is 11.7. The lowest BCUT2D eigenvalue weighted by Crippen LogP contribution is -2.28. The van der Waals surface area contributed by atoms with Gasteiger partial charge >= 0.3 is 0 Å². The molecule has 88 valence electrons. The van der Waals surface area contributed by atoms with Crippen molar-refractivity contribution in [1.29, 1.82) is 0 Å². The van der Waals surface area contributed by atoms with Crippen molar-refractivity contribution in [1.82, 2.24) is 10.3 Å². The summed E-state index contributed by atoms with van der Waals surface area (Å²) >= 11 is 0. The number of hydrogen-bond acceptors (Lipinski definition) is 4. The third-order valence-electron chi connectivity index (χ3n) is 2.40. The first kappa shape index (κ1) is 12.6. The van der Waals surface area contributed by atoms with Crippen LogP contribution in [0.2, 0.25) is 0 Å². The SMILES string of the molecule is CCNC(C)CC(=O)Cc1cccnc1N. The second-order valence-corrected chi connectivity index (χ2v) is 3.93. The molecule has 1 aromatic heterocycles. The molecule has 1 unspecified atom stereocenters. The van der Waals surface area contributed by atoms with Gasteiger partial charge in [-0.1, -0.05) is 13.0 Å². The first-order valence-electron chi connectivity index (χ1n) is 5.58. The zero-order chi connectivity index (χ0) is 12.0. The number of nitrogens with one attached hydrogen (secondary N) is 1. The standard InChI is InChI=1S/C12H19N3O/c1-3-14-9(2)7-11(16)8-10-5-4-6-15-12(10)13/h4-6,9,14H,3,7-8H2,1-2H3,(H2,13,15). The Bertz CT molecular complexity index is 352. The zero-order valence-corrected chi connectivity index (χ0v) is 9.86. The molecule has 1 heterocycles. The molecule has 16 heavy (non-hydrogen) atoms. The largest absolute Gasteiger partial charge is 0.383 e. The first-order chi connectivity index (χ1) is 7.63. The van der Waals surface area contributed by atoms with Crippen LogP contribution in [0, 0.1) is 0 Å². The molecule has 0 saturated carbocycles. The molecule has 3 N–H and O–H groups in total. The van der Waals surface area contributed by atoms with E-state index in [4.69, 9.17) is 5.73 Å². The van der Waals surface area contributed by atoms with Gasteiger partial charge in [0.05, 0.1) is 0 Å². The van der Waals surface area contributed by atoms with Gasteiger partial charge in [0, 0.05) is 30.6 Å². The van der Waals surface area contributed by atoms with E-state index in [9.17, 15) is 4.79 Å². The fourth-order valence-electron chi connectivity index (χ4n) is 1.65. The number of ketones is 1. The molecule has 0 amide bonds. The first-order valence-corrected chi connectivity index (χ1v) is 5.58. The van der Waals surface area contributed by atoms with E-state index in [1.165, 1.54) is 0 Å². The number of aromatic nitrogens is 1. The number of carbonyl (C=O) groups is 1. The van der Waals surface area contributed by atoms with Crippen LogP contribution >= 0.6 is 0 Å². The predicted molar refractivity (Wildman–Crippen MR) is 65.1 cm³/mol. The van der Waals surface area contributed by atoms with Crippen LogP contribution < -0.4 is 11.1 Å². The number of Topliss-reactive ketones (excluding diaryl/α,β-unsaturated/α-hetero) is 1. The molecule has 0 aliphatic heterocycles. The quantitative estimate of drug-likeness (QED) is 0.756. The van der Waals surface area contributed by atoms with E-state index in [-0.39, 0.29) is 11.8 Å². The van der Waals surface area contributed by atoms with Crippen molar-refractivity contribution >= 4 is 11.6 Å². The highest BCUT2D eigenvalue weighted by atomic mass is 16.1. The average Bonchev–Trinajstić information content (AvgIpc) is 2.21. The van der Waals surface area contributed by atoms with Gasteiger partial charge in [-0.15, -0.1) is 0 Å². The van der Waals surface area contributed by atoms with Gasteiger partial charge in [-0.3, -0.25) is 4.79 Å². The van der Waals surface area contributed by atoms with Gasteiger partial charge in [-0.2, -0.15) is 0 Å². The van der Waals surface area contributed by atoms with Gasteiger partial charge in [0.1, 0.15) is 11.6 Å². The van der Waals surface area contributed by atoms with Crippen molar-refractivity contribution < 1.29 is 4.79 Å². The molecule has 0 aromatic carbocycles. The Morgan fingerprint density at radius 3 is 3.00 bits per heavy atom. The number of nitrogens with two attached hydrogens (primary N) is 1. The monoisotopic (exact) mass is 221 g/mol. The Morgan fingerprint density at radius 1 is 1.62 bits per heavy atom. The molecule has 0 saturated heterocycles. The van der Waals surface area contributed by atoms with E-state index in [0.29, 0.717) is 18.7 Å². The van der Waals surface area contributed by atoms with E-state index < -0.39 is 0 Å². The highest BCUT2D eigenvalue weighted by Gasteiger charge is 2.10. The van der Waals surface area contributed by atoms with Crippen molar-refractivity contribution in [2.24, 2.45) is 0 Å². The molecule has 0 fully saturated rings. The smallest absolute Gasteiger partial charge is 0.138 e. The van der Waals surface area contributed by atoms with E-state index in [1.807, 2.05) is 19.9 Å². The van der Waals surface area contributed by atoms with Crippen LogP contribution in [0.3, 0.4) is 0 Å². The second kappa shape index (κ2) is 6.23. The minimum absolute atomic E-state index is 0.188. The minimum Gasteiger partial charge on any atom is -0.383 e. The highest BCUT2D eigenvalue weighted by molar-refractivity contribution is 5.82. The Hall–Kier alpha value is -1.42. The van der Waals surface area contributed by atoms with Crippen LogP contribution in [-0.4, -0.2) is 23.4 Å². The molecule has 4 heteroatoms. The van der Waals surface area contributed by atoms with E-state index in [1.54, 1.807) is 12.3 Å². The molecule has 0 spiro atoms. The molecule has 1 aromatic rings. The van der Waals surface area contributed by atoms with Crippen LogP contribution in [0.4, 0.5) is 5.82 Å². The molecule has 0 bridgehead atoms. The Labute approximate surface area is 96.3 Å². The van der Waals surface area contributed by atoms with Gasteiger partial charge in [0.15, 0.2) is 0 Å². The molecule has 0 aliphatic rings. The average molecular weight is 221 g/mol. The highest BCUT2D eigenvalue weighted by Crippen LogP contribution is 2.09. The van der Waals surface area contributed by atoms with Crippen LogP contribution in [-0.2, 0) is 11.2 Å². The van der Waals surface area contributed by atoms with Crippen molar-refractivity contribution in [3.05, 3.63) is 23.9 Å². The van der Waals surface area contributed by atoms with Crippen LogP contribution in [0.1, 0.15) is 25.8 Å². The summed E-state index contributed by atoms with van der Waals surface area (Å²) in [6.07, 6.45) is 2.53. The number of rotatable bonds is 6. The molecular formula is C12H19N3O. The number of anilines is 1. The lowest BCUT2D eigenvalue weighted by molar-refractivity contribution is -0.118. The Morgan fingerprint density at radius 2 is 2.38 bits per heavy atom. The molecule has 1 rings (SSSR count). The normalized spacial score (nSPS) is 12.4. The maximum Gasteiger partial charge on any atom is 0.138 e. The lowest BCUT2D eigenvalue weighted by Gasteiger charge is -2.11. The van der Waals surface area contributed by atoms with Gasteiger partial charge in [-0.05, 0) is 19.5 Å². The third-order valence-corrected chi connectivity index (χ3v) is 2.40. The number of hydrogen-bond donors (Lipinski definition) is 2. The molecule has 0 radical (unpaired) electrons. The van der Waals surface area contributed by atoms with E-state index >= 15 is 0 Å². The van der Waals surface area contributed by atoms with Crippen LogP contribution in [0.25, 0.3) is 0 Å². The summed E-state index contributed by atoms with van der Waals surface area (Å²) in [7, 11) is 0. The van der Waals surface area contributed by atoms with Crippen LogP contribution in [0.15, 0.2) is 18.3 Å². The van der Waals surface area contributed by atoms with Gasteiger partial charge in [0.25, 0.3) is 0 Å². The summed E-state index contributed by atoms with van der Waals surface area (Å²) in [4.78, 5) is 15.7. The molecule has 0 aliphatic carbocycles. The number of nitrogens with zero attached hydrogens (tertiary/aromatic N) is 1.